The van der Waals surface area contributed by atoms with Crippen LogP contribution in [0.3, 0.4) is 0 Å². The van der Waals surface area contributed by atoms with Gasteiger partial charge in [0.2, 0.25) is 6.29 Å². The van der Waals surface area contributed by atoms with Crippen LogP contribution >= 0.6 is 0 Å². The van der Waals surface area contributed by atoms with Crippen LogP contribution in [0.15, 0.2) is 12.2 Å². The number of hydrogen-bond donors (Lipinski definition) is 11. The summed E-state index contributed by atoms with van der Waals surface area (Å²) in [5.74, 6) is -0.537. The van der Waals surface area contributed by atoms with Crippen molar-refractivity contribution in [3.8, 4) is 0 Å². The van der Waals surface area contributed by atoms with Crippen molar-refractivity contribution >= 4 is 5.97 Å². The highest BCUT2D eigenvalue weighted by atomic mass is 16.7. The second-order valence-corrected chi connectivity index (χ2v) is 18.0. The summed E-state index contributed by atoms with van der Waals surface area (Å²) in [6.07, 6.45) is -17.2. The molecule has 3 aliphatic heterocycles. The monoisotopic (exact) mass is 804 g/mol. The summed E-state index contributed by atoms with van der Waals surface area (Å²) in [6, 6.07) is 0. The maximum atomic E-state index is 14.1. The SMILES string of the molecule is C=C1C[C@@]23CC[C@H]4[C@@](C)(CCC[C@@]4(C)C(=O)O[C@@H]4OC(CO)[C@@H](O)[C@H](O)C4O)[C@@H]2CC[C@]1(O[C@@H]1OC(CO[C@H]2OC(CO)[C@@H](O)[C@H](O)C2O)[C@@H](O)[C@H](O)C1O)C3. The van der Waals surface area contributed by atoms with Gasteiger partial charge >= 0.3 is 5.97 Å². The van der Waals surface area contributed by atoms with Crippen LogP contribution in [0, 0.1) is 28.1 Å². The molecule has 18 heteroatoms. The van der Waals surface area contributed by atoms with Crippen LogP contribution in [-0.4, -0.2) is 180 Å². The van der Waals surface area contributed by atoms with E-state index in [-0.39, 0.29) is 22.7 Å². The Morgan fingerprint density at radius 3 is 1.84 bits per heavy atom. The lowest BCUT2D eigenvalue weighted by Crippen LogP contribution is -2.63. The number of rotatable bonds is 9. The van der Waals surface area contributed by atoms with E-state index in [1.165, 1.54) is 0 Å². The zero-order chi connectivity index (χ0) is 40.7. The molecule has 3 heterocycles. The van der Waals surface area contributed by atoms with Gasteiger partial charge in [-0.05, 0) is 86.5 Å². The van der Waals surface area contributed by atoms with Crippen LogP contribution < -0.4 is 0 Å². The highest BCUT2D eigenvalue weighted by molar-refractivity contribution is 5.77. The molecule has 7 fully saturated rings. The molecule has 4 saturated carbocycles. The van der Waals surface area contributed by atoms with Gasteiger partial charge in [-0.2, -0.15) is 0 Å². The van der Waals surface area contributed by atoms with Gasteiger partial charge in [0.1, 0.15) is 73.2 Å². The van der Waals surface area contributed by atoms with Gasteiger partial charge in [0, 0.05) is 0 Å². The Hall–Kier alpha value is -1.43. The lowest BCUT2D eigenvalue weighted by Gasteiger charge is -2.64. The maximum absolute atomic E-state index is 14.1. The second-order valence-electron chi connectivity index (χ2n) is 18.0. The van der Waals surface area contributed by atoms with Gasteiger partial charge < -0.3 is 84.6 Å². The summed E-state index contributed by atoms with van der Waals surface area (Å²) in [7, 11) is 0. The first-order valence-electron chi connectivity index (χ1n) is 19.9. The van der Waals surface area contributed by atoms with Crippen LogP contribution in [0.2, 0.25) is 0 Å². The number of esters is 1. The number of carbonyl (C=O) groups is 1. The minimum Gasteiger partial charge on any atom is -0.432 e. The molecule has 0 radical (unpaired) electrons. The Morgan fingerprint density at radius 2 is 1.21 bits per heavy atom. The van der Waals surface area contributed by atoms with Crippen molar-refractivity contribution in [1.29, 1.82) is 0 Å². The zero-order valence-electron chi connectivity index (χ0n) is 31.8. The van der Waals surface area contributed by atoms with Gasteiger partial charge in [-0.15, -0.1) is 0 Å². The number of carbonyl (C=O) groups excluding carboxylic acids is 1. The number of aliphatic hydroxyl groups is 11. The molecule has 0 aromatic heterocycles. The number of fused-ring (bicyclic) bond motifs is 3. The van der Waals surface area contributed by atoms with Gasteiger partial charge in [-0.25, -0.2) is 0 Å². The number of aliphatic hydroxyl groups excluding tert-OH is 11. The van der Waals surface area contributed by atoms with Crippen molar-refractivity contribution in [1.82, 2.24) is 0 Å². The van der Waals surface area contributed by atoms with E-state index >= 15 is 0 Å². The van der Waals surface area contributed by atoms with Gasteiger partial charge in [0.15, 0.2) is 12.6 Å². The molecule has 56 heavy (non-hydrogen) atoms. The first kappa shape index (κ1) is 42.7. The third-order valence-corrected chi connectivity index (χ3v) is 14.9. The minimum atomic E-state index is -1.71. The lowest BCUT2D eigenvalue weighted by molar-refractivity contribution is -0.344. The molecule has 6 unspecified atom stereocenters. The van der Waals surface area contributed by atoms with E-state index < -0.39 is 129 Å². The van der Waals surface area contributed by atoms with Crippen molar-refractivity contribution in [2.45, 2.75) is 169 Å². The summed E-state index contributed by atoms with van der Waals surface area (Å²) < 4.78 is 34.9. The Morgan fingerprint density at radius 1 is 0.679 bits per heavy atom. The maximum Gasteiger partial charge on any atom is 0.314 e. The zero-order valence-corrected chi connectivity index (χ0v) is 31.8. The highest BCUT2D eigenvalue weighted by Crippen LogP contribution is 2.73. The van der Waals surface area contributed by atoms with E-state index in [2.05, 4.69) is 13.5 Å². The van der Waals surface area contributed by atoms with E-state index in [1.807, 2.05) is 6.92 Å². The molecular formula is C38H60O18. The topological polar surface area (TPSA) is 295 Å². The van der Waals surface area contributed by atoms with Crippen molar-refractivity contribution in [3.05, 3.63) is 12.2 Å². The van der Waals surface area contributed by atoms with Crippen molar-refractivity contribution in [2.24, 2.45) is 28.1 Å². The predicted molar refractivity (Wildman–Crippen MR) is 186 cm³/mol. The third-order valence-electron chi connectivity index (χ3n) is 14.9. The molecule has 1 spiro atoms. The first-order chi connectivity index (χ1) is 26.4. The molecule has 0 aromatic carbocycles. The van der Waals surface area contributed by atoms with Crippen LogP contribution in [0.4, 0.5) is 0 Å². The Labute approximate surface area is 324 Å². The van der Waals surface area contributed by atoms with Crippen LogP contribution in [0.1, 0.15) is 71.6 Å². The second kappa shape index (κ2) is 15.6. The molecule has 0 amide bonds. The van der Waals surface area contributed by atoms with E-state index in [4.69, 9.17) is 28.4 Å². The van der Waals surface area contributed by atoms with Crippen LogP contribution in [-0.2, 0) is 33.2 Å². The fraction of sp³-hybridized carbons (Fsp3) is 0.921. The molecular weight excluding hydrogens is 744 g/mol. The Bertz CT molecular complexity index is 1450. The summed E-state index contributed by atoms with van der Waals surface area (Å²) in [6.45, 7) is 6.74. The molecule has 7 aliphatic rings. The van der Waals surface area contributed by atoms with Gasteiger partial charge in [-0.3, -0.25) is 4.79 Å². The largest absolute Gasteiger partial charge is 0.432 e. The average molecular weight is 805 g/mol. The molecule has 7 rings (SSSR count). The lowest BCUT2D eigenvalue weighted by atomic mass is 9.41. The molecule has 11 N–H and O–H groups in total. The summed E-state index contributed by atoms with van der Waals surface area (Å²) >= 11 is 0. The Balaban J connectivity index is 1.04. The molecule has 2 bridgehead atoms. The van der Waals surface area contributed by atoms with Crippen molar-refractivity contribution in [2.75, 3.05) is 19.8 Å². The van der Waals surface area contributed by atoms with Gasteiger partial charge in [0.05, 0.1) is 30.8 Å². The minimum absolute atomic E-state index is 0.108. The van der Waals surface area contributed by atoms with E-state index in [0.29, 0.717) is 38.5 Å². The number of hydrogen-bond acceptors (Lipinski definition) is 18. The smallest absolute Gasteiger partial charge is 0.314 e. The van der Waals surface area contributed by atoms with Crippen LogP contribution in [0.5, 0.6) is 0 Å². The molecule has 21 atom stereocenters. The Kier molecular flexibility index (Phi) is 11.9. The number of ether oxygens (including phenoxy) is 6. The summed E-state index contributed by atoms with van der Waals surface area (Å²) in [5, 5.41) is 114. The van der Waals surface area contributed by atoms with E-state index in [0.717, 1.165) is 24.8 Å². The standard InChI is InChI=1S/C38H60O18/c1-16-11-37-9-5-20-35(2,7-4-8-36(20,3)34(50)55-32-29(48)26(45)23(42)18(13-40)53-32)21(37)6-10-38(16,15-37)56-33-30(49)27(46)24(43)19(54-33)14-51-31-28(47)25(44)22(41)17(12-39)52-31/h17-33,39-49H,1,4-15H2,2-3H3/t17?,18?,19?,20-,21-,22+,23+,24+,25-,26-,27-,28?,29?,30?,31-,32-,33-,35+,36+,37+,38-/m0/s1. The molecule has 3 saturated heterocycles. The van der Waals surface area contributed by atoms with Gasteiger partial charge in [-0.1, -0.05) is 19.9 Å². The molecule has 320 valence electrons. The summed E-state index contributed by atoms with van der Waals surface area (Å²) in [4.78, 5) is 14.1. The van der Waals surface area contributed by atoms with E-state index in [9.17, 15) is 61.0 Å². The summed E-state index contributed by atoms with van der Waals surface area (Å²) in [5.41, 5.74) is -1.66. The first-order valence-corrected chi connectivity index (χ1v) is 19.9. The highest BCUT2D eigenvalue weighted by Gasteiger charge is 2.69. The van der Waals surface area contributed by atoms with Crippen molar-refractivity contribution in [3.63, 3.8) is 0 Å². The predicted octanol–water partition coefficient (Wildman–Crippen LogP) is -2.94. The third kappa shape index (κ3) is 6.78. The molecule has 4 aliphatic carbocycles. The molecule has 0 aromatic rings. The van der Waals surface area contributed by atoms with Crippen molar-refractivity contribution < 1.29 is 89.4 Å². The van der Waals surface area contributed by atoms with E-state index in [1.54, 1.807) is 0 Å². The molecule has 18 nitrogen and oxygen atoms in total. The normalized spacial score (nSPS) is 54.6. The van der Waals surface area contributed by atoms with Gasteiger partial charge in [0.25, 0.3) is 0 Å². The van der Waals surface area contributed by atoms with Crippen LogP contribution in [0.25, 0.3) is 0 Å². The fourth-order valence-corrected chi connectivity index (χ4v) is 11.9. The quantitative estimate of drug-likeness (QED) is 0.0631. The fourth-order valence-electron chi connectivity index (χ4n) is 11.9. The average Bonchev–Trinajstić information content (AvgIpc) is 3.37.